The summed E-state index contributed by atoms with van der Waals surface area (Å²) in [6.07, 6.45) is 7.45. The Hall–Kier alpha value is -3.22. The fourth-order valence-electron chi connectivity index (χ4n) is 4.99. The van der Waals surface area contributed by atoms with Crippen LogP contribution in [0.4, 0.5) is 5.69 Å². The number of rotatable bonds is 10. The van der Waals surface area contributed by atoms with Gasteiger partial charge in [-0.15, -0.1) is 0 Å². The van der Waals surface area contributed by atoms with E-state index >= 15 is 0 Å². The Kier molecular flexibility index (Phi) is 9.11. The molecular formula is C30H45N5O2. The van der Waals surface area contributed by atoms with Gasteiger partial charge in [0.25, 0.3) is 0 Å². The van der Waals surface area contributed by atoms with E-state index in [1.54, 1.807) is 12.0 Å². The van der Waals surface area contributed by atoms with E-state index in [-0.39, 0.29) is 5.91 Å². The molecule has 1 aromatic carbocycles. The van der Waals surface area contributed by atoms with E-state index in [4.69, 9.17) is 9.73 Å². The maximum atomic E-state index is 13.2. The van der Waals surface area contributed by atoms with E-state index < -0.39 is 5.41 Å². The van der Waals surface area contributed by atoms with Crippen molar-refractivity contribution >= 4 is 23.1 Å². The van der Waals surface area contributed by atoms with E-state index in [1.165, 1.54) is 6.42 Å². The second-order valence-electron chi connectivity index (χ2n) is 10.7. The van der Waals surface area contributed by atoms with Gasteiger partial charge in [-0.1, -0.05) is 39.1 Å². The molecule has 0 spiro atoms. The van der Waals surface area contributed by atoms with Crippen LogP contribution in [-0.4, -0.2) is 54.3 Å². The lowest BCUT2D eigenvalue weighted by Gasteiger charge is -2.41. The topological polar surface area (TPSA) is 69.2 Å². The fourth-order valence-corrected chi connectivity index (χ4v) is 4.99. The molecule has 2 fully saturated rings. The Bertz CT molecular complexity index is 1080. The first-order chi connectivity index (χ1) is 17.6. The smallest absolute Gasteiger partial charge is 0.234 e. The van der Waals surface area contributed by atoms with Gasteiger partial charge in [0.15, 0.2) is 5.84 Å². The molecule has 0 bridgehead atoms. The minimum Gasteiger partial charge on any atom is -0.495 e. The minimum absolute atomic E-state index is 0.0909. The molecule has 1 aliphatic carbocycles. The van der Waals surface area contributed by atoms with E-state index in [0.717, 1.165) is 54.2 Å². The van der Waals surface area contributed by atoms with Crippen molar-refractivity contribution in [2.75, 3.05) is 26.0 Å². The van der Waals surface area contributed by atoms with Crippen LogP contribution in [0, 0.1) is 5.41 Å². The molecule has 3 rings (SSSR count). The second-order valence-corrected chi connectivity index (χ2v) is 10.7. The molecule has 0 unspecified atom stereocenters. The number of anilines is 1. The van der Waals surface area contributed by atoms with Crippen LogP contribution in [0.25, 0.3) is 5.70 Å². The SMILES string of the molecule is C=C(/N=C1\C(=C/C)N(C)C(=O)C(C)(C)CN1C1CCC1)Nc1ccc(C(=C)NC(CC)CC)cc1OC. The highest BCUT2D eigenvalue weighted by atomic mass is 16.5. The number of benzene rings is 1. The molecular weight excluding hydrogens is 462 g/mol. The summed E-state index contributed by atoms with van der Waals surface area (Å²) in [5.41, 5.74) is 2.90. The number of methoxy groups -OCH3 is 1. The molecule has 1 aliphatic heterocycles. The van der Waals surface area contributed by atoms with Gasteiger partial charge in [0.1, 0.15) is 11.6 Å². The summed E-state index contributed by atoms with van der Waals surface area (Å²) in [4.78, 5) is 22.2. The number of ether oxygens (including phenoxy) is 1. The largest absolute Gasteiger partial charge is 0.495 e. The third kappa shape index (κ3) is 6.20. The molecule has 1 heterocycles. The maximum Gasteiger partial charge on any atom is 0.234 e. The van der Waals surface area contributed by atoms with E-state index in [1.807, 2.05) is 52.1 Å². The average Bonchev–Trinajstić information content (AvgIpc) is 2.90. The van der Waals surface area contributed by atoms with Crippen LogP contribution in [0.1, 0.15) is 72.3 Å². The first-order valence-corrected chi connectivity index (χ1v) is 13.5. The summed E-state index contributed by atoms with van der Waals surface area (Å²) in [5, 5.41) is 6.83. The zero-order valence-electron chi connectivity index (χ0n) is 23.8. The van der Waals surface area contributed by atoms with Crippen LogP contribution in [0.3, 0.4) is 0 Å². The second kappa shape index (κ2) is 11.9. The summed E-state index contributed by atoms with van der Waals surface area (Å²) in [5.74, 6) is 2.04. The summed E-state index contributed by atoms with van der Waals surface area (Å²) in [6.45, 7) is 19.4. The highest BCUT2D eigenvalue weighted by Crippen LogP contribution is 2.35. The molecule has 1 amide bonds. The third-order valence-corrected chi connectivity index (χ3v) is 7.53. The van der Waals surface area contributed by atoms with Gasteiger partial charge in [-0.3, -0.25) is 4.79 Å². The molecule has 2 N–H and O–H groups in total. The molecule has 0 radical (unpaired) electrons. The Morgan fingerprint density at radius 2 is 1.95 bits per heavy atom. The van der Waals surface area contributed by atoms with Gasteiger partial charge in [-0.25, -0.2) is 4.99 Å². The third-order valence-electron chi connectivity index (χ3n) is 7.53. The van der Waals surface area contributed by atoms with Crippen molar-refractivity contribution in [1.82, 2.24) is 15.1 Å². The lowest BCUT2D eigenvalue weighted by Crippen LogP contribution is -2.48. The zero-order valence-corrected chi connectivity index (χ0v) is 23.8. The van der Waals surface area contributed by atoms with Crippen LogP contribution >= 0.6 is 0 Å². The number of amidine groups is 1. The van der Waals surface area contributed by atoms with Crippen molar-refractivity contribution in [3.05, 3.63) is 54.5 Å². The van der Waals surface area contributed by atoms with Crippen molar-refractivity contribution in [1.29, 1.82) is 0 Å². The molecule has 1 aromatic rings. The van der Waals surface area contributed by atoms with Gasteiger partial charge in [0.2, 0.25) is 5.91 Å². The molecule has 37 heavy (non-hydrogen) atoms. The molecule has 7 heteroatoms. The number of carbonyl (C=O) groups excluding carboxylic acids is 1. The van der Waals surface area contributed by atoms with Crippen LogP contribution in [0.15, 0.2) is 53.9 Å². The molecule has 7 nitrogen and oxygen atoms in total. The summed E-state index contributed by atoms with van der Waals surface area (Å²) in [7, 11) is 3.49. The van der Waals surface area contributed by atoms with Gasteiger partial charge in [-0.05, 0) is 65.0 Å². The lowest BCUT2D eigenvalue weighted by atomic mass is 9.87. The average molecular weight is 508 g/mol. The lowest BCUT2D eigenvalue weighted by molar-refractivity contribution is -0.136. The van der Waals surface area contributed by atoms with Crippen molar-refractivity contribution in [3.8, 4) is 5.75 Å². The highest BCUT2D eigenvalue weighted by molar-refractivity contribution is 6.04. The van der Waals surface area contributed by atoms with Gasteiger partial charge in [0, 0.05) is 36.9 Å². The van der Waals surface area contributed by atoms with Crippen LogP contribution < -0.4 is 15.4 Å². The number of nitrogens with one attached hydrogen (secondary N) is 2. The Labute approximate surface area is 223 Å². The normalized spacial score (nSPS) is 20.2. The maximum absolute atomic E-state index is 13.2. The first kappa shape index (κ1) is 28.4. The van der Waals surface area contributed by atoms with Gasteiger partial charge in [0.05, 0.1) is 23.9 Å². The van der Waals surface area contributed by atoms with E-state index in [0.29, 0.717) is 30.2 Å². The summed E-state index contributed by atoms with van der Waals surface area (Å²) in [6, 6.07) is 6.72. The van der Waals surface area contributed by atoms with Crippen LogP contribution in [-0.2, 0) is 4.79 Å². The quantitative estimate of drug-likeness (QED) is 0.408. The molecule has 1 saturated heterocycles. The molecule has 0 atom stereocenters. The predicted molar refractivity (Wildman–Crippen MR) is 154 cm³/mol. The number of allylic oxidation sites excluding steroid dienone is 1. The summed E-state index contributed by atoms with van der Waals surface area (Å²) >= 11 is 0. The van der Waals surface area contributed by atoms with Crippen molar-refractivity contribution < 1.29 is 9.53 Å². The van der Waals surface area contributed by atoms with E-state index in [9.17, 15) is 4.79 Å². The van der Waals surface area contributed by atoms with Gasteiger partial charge in [-0.2, -0.15) is 0 Å². The van der Waals surface area contributed by atoms with Crippen molar-refractivity contribution in [3.63, 3.8) is 0 Å². The Morgan fingerprint density at radius 1 is 1.27 bits per heavy atom. The Balaban J connectivity index is 1.90. The Morgan fingerprint density at radius 3 is 2.49 bits per heavy atom. The fraction of sp³-hybridized carbons (Fsp3) is 0.533. The number of hydrogen-bond acceptors (Lipinski definition) is 5. The molecule has 0 aromatic heterocycles. The molecule has 1 saturated carbocycles. The van der Waals surface area contributed by atoms with E-state index in [2.05, 4.69) is 42.5 Å². The minimum atomic E-state index is -0.519. The van der Waals surface area contributed by atoms with Gasteiger partial charge < -0.3 is 25.2 Å². The van der Waals surface area contributed by atoms with Gasteiger partial charge >= 0.3 is 0 Å². The number of hydrogen-bond donors (Lipinski definition) is 2. The van der Waals surface area contributed by atoms with Crippen LogP contribution in [0.5, 0.6) is 5.75 Å². The zero-order chi connectivity index (χ0) is 27.3. The monoisotopic (exact) mass is 507 g/mol. The number of carbonyl (C=O) groups is 1. The molecule has 202 valence electrons. The first-order valence-electron chi connectivity index (χ1n) is 13.5. The molecule has 2 aliphatic rings. The predicted octanol–water partition coefficient (Wildman–Crippen LogP) is 5.98. The highest BCUT2D eigenvalue weighted by Gasteiger charge is 2.43. The number of amides is 1. The summed E-state index contributed by atoms with van der Waals surface area (Å²) < 4.78 is 5.70. The van der Waals surface area contributed by atoms with Crippen molar-refractivity contribution in [2.45, 2.75) is 78.8 Å². The number of aliphatic imine (C=N–C) groups is 1. The number of nitrogens with zero attached hydrogens (tertiary/aromatic N) is 3. The van der Waals surface area contributed by atoms with Crippen LogP contribution in [0.2, 0.25) is 0 Å². The van der Waals surface area contributed by atoms with Crippen molar-refractivity contribution in [2.24, 2.45) is 10.4 Å². The standard InChI is InChI=1S/C30H45N5O2/c1-10-23(11-2)31-20(4)22-16-17-25(27(18-22)37-9)32-21(5)33-28-26(12-3)34(8)29(36)30(6,7)19-35(28)24-14-13-15-24/h12,16-18,23-24,31-32H,4-5,10-11,13-15,19H2,1-3,6-9H3/b26-12+,33-28+. The number of likely N-dealkylation sites (N-methyl/N-ethyl adjacent to an activating group) is 1.